The molecule has 160 valence electrons. The summed E-state index contributed by atoms with van der Waals surface area (Å²) in [5, 5.41) is 4.13. The molecule has 5 heteroatoms. The topological polar surface area (TPSA) is 66.4 Å². The predicted molar refractivity (Wildman–Crippen MR) is 116 cm³/mol. The third-order valence-electron chi connectivity index (χ3n) is 8.98. The van der Waals surface area contributed by atoms with Gasteiger partial charge in [-0.3, -0.25) is 4.79 Å². The fourth-order valence-electron chi connectivity index (χ4n) is 7.07. The molecule has 4 aliphatic carbocycles. The number of amides is 1. The summed E-state index contributed by atoms with van der Waals surface area (Å²) in [7, 11) is -2.20. The number of rotatable bonds is 2. The van der Waals surface area contributed by atoms with Crippen molar-refractivity contribution in [2.24, 2.45) is 34.0 Å². The van der Waals surface area contributed by atoms with Gasteiger partial charge < -0.3 is 5.32 Å². The molecule has 0 aromatic rings. The minimum atomic E-state index is -2.20. The maximum atomic E-state index is 12.7. The quantitative estimate of drug-likeness (QED) is 0.565. The van der Waals surface area contributed by atoms with Gasteiger partial charge in [0.05, 0.1) is 0 Å². The molecule has 29 heavy (non-hydrogen) atoms. The molecule has 4 aliphatic rings. The van der Waals surface area contributed by atoms with E-state index >= 15 is 0 Å². The van der Waals surface area contributed by atoms with Crippen molar-refractivity contribution in [3.63, 3.8) is 0 Å². The molecule has 0 aromatic heterocycles. The first-order valence-corrected chi connectivity index (χ1v) is 12.6. The van der Waals surface area contributed by atoms with Gasteiger partial charge in [0.25, 0.3) is 0 Å². The summed E-state index contributed by atoms with van der Waals surface area (Å²) in [6.45, 7) is 10.8. The summed E-state index contributed by atoms with van der Waals surface area (Å²) in [5.74, 6) is 2.14. The average Bonchev–Trinajstić information content (AvgIpc) is 2.96. The molecule has 7 atom stereocenters. The first kappa shape index (κ1) is 21.2. The summed E-state index contributed by atoms with van der Waals surface area (Å²) < 4.78 is 11.6. The molecule has 0 radical (unpaired) electrons. The molecule has 0 spiro atoms. The van der Waals surface area contributed by atoms with E-state index in [0.717, 1.165) is 25.7 Å². The van der Waals surface area contributed by atoms with E-state index in [9.17, 15) is 14.3 Å². The number of hydrogen-bond donors (Lipinski definition) is 2. The lowest BCUT2D eigenvalue weighted by Crippen LogP contribution is -2.54. The van der Waals surface area contributed by atoms with E-state index in [1.165, 1.54) is 24.8 Å². The smallest absolute Gasteiger partial charge is 0.352 e. The van der Waals surface area contributed by atoms with Gasteiger partial charge in [0.15, 0.2) is 0 Å². The van der Waals surface area contributed by atoms with Gasteiger partial charge in [-0.15, -0.1) is 0 Å². The minimum absolute atomic E-state index is 0.131. The zero-order chi connectivity index (χ0) is 21.2. The molecular weight excluding hydrogens is 381 g/mol. The molecule has 2 fully saturated rings. The highest BCUT2D eigenvalue weighted by molar-refractivity contribution is 7.43. The Morgan fingerprint density at radius 1 is 1.17 bits per heavy atom. The molecule has 0 aromatic carbocycles. The fourth-order valence-corrected chi connectivity index (χ4v) is 7.63. The molecule has 0 aliphatic heterocycles. The predicted octanol–water partition coefficient (Wildman–Crippen LogP) is 5.71. The largest absolute Gasteiger partial charge is 0.541 e. The second-order valence-electron chi connectivity index (χ2n) is 11.5. The number of nitrogens with one attached hydrogen (secondary N) is 1. The first-order chi connectivity index (χ1) is 13.5. The van der Waals surface area contributed by atoms with Crippen molar-refractivity contribution in [2.75, 3.05) is 0 Å². The van der Waals surface area contributed by atoms with E-state index in [-0.39, 0.29) is 28.2 Å². The summed E-state index contributed by atoms with van der Waals surface area (Å²) in [4.78, 5) is 22.3. The van der Waals surface area contributed by atoms with Crippen LogP contribution in [0, 0.1) is 34.0 Å². The van der Waals surface area contributed by atoms with Gasteiger partial charge in [0.1, 0.15) is 0 Å². The lowest BCUT2D eigenvalue weighted by Gasteiger charge is -2.56. The minimum Gasteiger partial charge on any atom is -0.352 e. The van der Waals surface area contributed by atoms with Crippen LogP contribution in [-0.4, -0.2) is 16.8 Å². The molecule has 0 heterocycles. The van der Waals surface area contributed by atoms with Gasteiger partial charge in [-0.1, -0.05) is 40.7 Å². The Balaban J connectivity index is 1.58. The molecule has 2 unspecified atom stereocenters. The fraction of sp³-hybridized carbons (Fsp3) is 0.792. The van der Waals surface area contributed by atoms with Gasteiger partial charge in [0.2, 0.25) is 11.2 Å². The highest BCUT2D eigenvalue weighted by Gasteiger charge is 2.59. The van der Waals surface area contributed by atoms with Gasteiger partial charge >= 0.3 is 8.03 Å². The van der Waals surface area contributed by atoms with Crippen LogP contribution < -0.4 is 5.32 Å². The maximum Gasteiger partial charge on any atom is 0.541 e. The zero-order valence-corrected chi connectivity index (χ0v) is 19.5. The van der Waals surface area contributed by atoms with Crippen LogP contribution in [0.1, 0.15) is 79.6 Å². The normalized spacial score (nSPS) is 42.1. The Bertz CT molecular complexity index is 794. The third kappa shape index (κ3) is 3.35. The van der Waals surface area contributed by atoms with Crippen molar-refractivity contribution in [2.45, 2.75) is 85.6 Å². The van der Waals surface area contributed by atoms with Crippen LogP contribution >= 0.6 is 8.03 Å². The molecule has 2 saturated carbocycles. The molecule has 4 nitrogen and oxygen atoms in total. The van der Waals surface area contributed by atoms with Gasteiger partial charge in [-0.25, -0.2) is 0 Å². The van der Waals surface area contributed by atoms with Crippen LogP contribution in [0.25, 0.3) is 0 Å². The van der Waals surface area contributed by atoms with Crippen LogP contribution in [0.3, 0.4) is 0 Å². The zero-order valence-electron chi connectivity index (χ0n) is 18.6. The van der Waals surface area contributed by atoms with Crippen molar-refractivity contribution in [3.8, 4) is 0 Å². The van der Waals surface area contributed by atoms with E-state index in [1.54, 1.807) is 0 Å². The highest BCUT2D eigenvalue weighted by Crippen LogP contribution is 2.65. The molecule has 2 N–H and O–H groups in total. The van der Waals surface area contributed by atoms with Gasteiger partial charge in [-0.05, 0) is 83.3 Å². The van der Waals surface area contributed by atoms with Crippen molar-refractivity contribution < 1.29 is 14.3 Å². The molecule has 0 bridgehead atoms. The lowest BCUT2D eigenvalue weighted by atomic mass is 9.48. The summed E-state index contributed by atoms with van der Waals surface area (Å²) in [6, 6.07) is 0.287. The molecule has 1 amide bonds. The SMILES string of the molecule is CC(C)(C)C(=O)NC1CC[C@H]2[C@@H]3CC=C4C=C([P+](=O)O)CC[C@]4(C)[C@@H]3CC[C@]12C. The van der Waals surface area contributed by atoms with Crippen LogP contribution in [-0.2, 0) is 9.36 Å². The molecular formula is C24H37NO3P+. The van der Waals surface area contributed by atoms with E-state index in [0.29, 0.717) is 23.1 Å². The van der Waals surface area contributed by atoms with E-state index in [1.807, 2.05) is 26.8 Å². The Morgan fingerprint density at radius 2 is 1.90 bits per heavy atom. The lowest BCUT2D eigenvalue weighted by molar-refractivity contribution is -0.130. The second kappa shape index (κ2) is 7.02. The Hall–Kier alpha value is -0.990. The number of fused-ring (bicyclic) bond motifs is 5. The average molecular weight is 419 g/mol. The first-order valence-electron chi connectivity index (χ1n) is 11.3. The van der Waals surface area contributed by atoms with Gasteiger partial charge in [-0.2, -0.15) is 4.89 Å². The van der Waals surface area contributed by atoms with Crippen LogP contribution in [0.5, 0.6) is 0 Å². The Morgan fingerprint density at radius 3 is 2.55 bits per heavy atom. The Kier molecular flexibility index (Phi) is 5.15. The van der Waals surface area contributed by atoms with Crippen molar-refractivity contribution in [1.82, 2.24) is 5.32 Å². The monoisotopic (exact) mass is 418 g/mol. The highest BCUT2D eigenvalue weighted by atomic mass is 31.1. The number of hydrogen-bond acceptors (Lipinski definition) is 2. The van der Waals surface area contributed by atoms with Gasteiger partial charge in [0, 0.05) is 17.9 Å². The summed E-state index contributed by atoms with van der Waals surface area (Å²) >= 11 is 0. The Labute approximate surface area is 176 Å². The van der Waals surface area contributed by atoms with Crippen LogP contribution in [0.4, 0.5) is 0 Å². The molecule has 4 rings (SSSR count). The van der Waals surface area contributed by atoms with Crippen molar-refractivity contribution in [3.05, 3.63) is 23.0 Å². The second-order valence-corrected chi connectivity index (χ2v) is 12.6. The van der Waals surface area contributed by atoms with E-state index in [2.05, 4.69) is 25.2 Å². The standard InChI is InChI=1S/C24H36NO3P/c1-22(2,3)21(26)25-20-9-8-18-17-7-6-15-14-16(29(27)28)10-12-23(15,4)19(17)11-13-24(18,20)5/h6,14,17-20H,7-13H2,1-5H3,(H-,25,26,27,28)/p+1/t17-,18-,19+,20?,23-,24-/m0/s1. The number of carbonyl (C=O) groups is 1. The molecule has 0 saturated heterocycles. The van der Waals surface area contributed by atoms with Crippen LogP contribution in [0.2, 0.25) is 0 Å². The summed E-state index contributed by atoms with van der Waals surface area (Å²) in [5.41, 5.74) is 1.28. The maximum absolute atomic E-state index is 12.7. The van der Waals surface area contributed by atoms with E-state index < -0.39 is 8.03 Å². The van der Waals surface area contributed by atoms with Crippen molar-refractivity contribution in [1.29, 1.82) is 0 Å². The van der Waals surface area contributed by atoms with Crippen molar-refractivity contribution >= 4 is 13.9 Å². The van der Waals surface area contributed by atoms with E-state index in [4.69, 9.17) is 0 Å². The summed E-state index contributed by atoms with van der Waals surface area (Å²) in [6.07, 6.45) is 11.9. The number of allylic oxidation sites excluding steroid dienone is 4. The van der Waals surface area contributed by atoms with Crippen LogP contribution in [0.15, 0.2) is 23.0 Å². The third-order valence-corrected chi connectivity index (χ3v) is 9.82. The number of carbonyl (C=O) groups excluding carboxylic acids is 1.